The Morgan fingerprint density at radius 2 is 1.83 bits per heavy atom. The van der Waals surface area contributed by atoms with Crippen LogP contribution in [0.15, 0.2) is 0 Å². The Morgan fingerprint density at radius 1 is 1.33 bits per heavy atom. The van der Waals surface area contributed by atoms with Crippen molar-refractivity contribution < 1.29 is 19.1 Å². The zero-order valence-electron chi connectivity index (χ0n) is 10.8. The molecule has 2 N–H and O–H groups in total. The number of amides is 3. The fraction of sp³-hybridized carbons (Fsp3) is 0.818. The molecule has 3 fully saturated rings. The lowest BCUT2D eigenvalue weighted by molar-refractivity contribution is -0.122. The lowest BCUT2D eigenvalue weighted by Crippen LogP contribution is -2.39. The van der Waals surface area contributed by atoms with Crippen molar-refractivity contribution in [2.24, 2.45) is 0 Å². The number of imide groups is 1. The van der Waals surface area contributed by atoms with Gasteiger partial charge in [0.2, 0.25) is 0 Å². The molecule has 7 heteroatoms. The molecule has 0 aliphatic carbocycles. The minimum Gasteiger partial charge on any atom is -0.373 e. The fourth-order valence-corrected chi connectivity index (χ4v) is 1.06. The maximum absolute atomic E-state index is 10.7. The number of urea groups is 1. The molecule has 0 saturated carbocycles. The highest BCUT2D eigenvalue weighted by molar-refractivity contribution is 6.18. The minimum atomic E-state index is -0.725. The molecule has 18 heavy (non-hydrogen) atoms. The van der Waals surface area contributed by atoms with Crippen molar-refractivity contribution in [2.75, 3.05) is 19.1 Å². The summed E-state index contributed by atoms with van der Waals surface area (Å²) in [4.78, 5) is 21.1. The maximum atomic E-state index is 10.7. The number of carbonyl (C=O) groups is 2. The summed E-state index contributed by atoms with van der Waals surface area (Å²) in [6.45, 7) is 7.21. The lowest BCUT2D eigenvalue weighted by atomic mass is 10.1. The van der Waals surface area contributed by atoms with E-state index in [1.807, 2.05) is 0 Å². The van der Waals surface area contributed by atoms with Crippen LogP contribution in [0.2, 0.25) is 0 Å². The number of halogens is 1. The predicted octanol–water partition coefficient (Wildman–Crippen LogP) is 0.633. The fourth-order valence-electron chi connectivity index (χ4n) is 0.885. The van der Waals surface area contributed by atoms with Gasteiger partial charge in [0.25, 0.3) is 5.91 Å². The summed E-state index contributed by atoms with van der Waals surface area (Å²) in [5.41, 5.74) is -0.725. The zero-order valence-corrected chi connectivity index (χ0v) is 11.5. The van der Waals surface area contributed by atoms with E-state index in [9.17, 15) is 9.59 Å². The molecule has 3 saturated heterocycles. The third kappa shape index (κ3) is 6.18. The van der Waals surface area contributed by atoms with Crippen LogP contribution in [-0.4, -0.2) is 48.8 Å². The van der Waals surface area contributed by atoms with Crippen LogP contribution in [0.4, 0.5) is 4.79 Å². The molecule has 3 heterocycles. The van der Waals surface area contributed by atoms with Gasteiger partial charge >= 0.3 is 6.03 Å². The summed E-state index contributed by atoms with van der Waals surface area (Å²) < 4.78 is 9.43. The van der Waals surface area contributed by atoms with Crippen molar-refractivity contribution in [1.82, 2.24) is 10.6 Å². The average molecular weight is 279 g/mol. The van der Waals surface area contributed by atoms with Crippen LogP contribution in [0.5, 0.6) is 0 Å². The summed E-state index contributed by atoms with van der Waals surface area (Å²) in [5.74, 6) is 0.396. The van der Waals surface area contributed by atoms with Crippen molar-refractivity contribution in [3.8, 4) is 0 Å². The quantitative estimate of drug-likeness (QED) is 0.419. The topological polar surface area (TPSA) is 83.3 Å². The van der Waals surface area contributed by atoms with Gasteiger partial charge in [-0.1, -0.05) is 0 Å². The van der Waals surface area contributed by atoms with Gasteiger partial charge in [-0.3, -0.25) is 10.1 Å². The zero-order chi connectivity index (χ0) is 13.8. The van der Waals surface area contributed by atoms with Crippen molar-refractivity contribution in [3.05, 3.63) is 0 Å². The molecule has 3 rings (SSSR count). The van der Waals surface area contributed by atoms with Crippen molar-refractivity contribution in [3.63, 3.8) is 0 Å². The molecule has 0 spiro atoms. The highest BCUT2D eigenvalue weighted by Crippen LogP contribution is 2.08. The molecule has 0 aromatic carbocycles. The van der Waals surface area contributed by atoms with E-state index in [0.29, 0.717) is 18.1 Å². The van der Waals surface area contributed by atoms with Gasteiger partial charge in [0.1, 0.15) is 5.54 Å². The molecule has 3 aliphatic heterocycles. The van der Waals surface area contributed by atoms with Gasteiger partial charge in [-0.15, -0.1) is 11.6 Å². The van der Waals surface area contributed by atoms with Gasteiger partial charge in [-0.25, -0.2) is 4.79 Å². The first-order valence-corrected chi connectivity index (χ1v) is 6.31. The minimum absolute atomic E-state index is 0.271. The highest BCUT2D eigenvalue weighted by atomic mass is 35.5. The van der Waals surface area contributed by atoms with E-state index in [0.717, 1.165) is 13.2 Å². The van der Waals surface area contributed by atoms with E-state index < -0.39 is 11.6 Å². The molecule has 6 nitrogen and oxygen atoms in total. The van der Waals surface area contributed by atoms with Crippen LogP contribution in [-0.2, 0) is 14.3 Å². The molecular formula is C11H19ClN2O4. The third-order valence-electron chi connectivity index (χ3n) is 2.30. The van der Waals surface area contributed by atoms with Crippen LogP contribution in [0.1, 0.15) is 20.8 Å². The third-order valence-corrected chi connectivity index (χ3v) is 2.64. The molecule has 3 aliphatic rings. The van der Waals surface area contributed by atoms with Crippen LogP contribution in [0, 0.1) is 0 Å². The van der Waals surface area contributed by atoms with Crippen molar-refractivity contribution in [1.29, 1.82) is 0 Å². The molecule has 0 aromatic heterocycles. The smallest absolute Gasteiger partial charge is 0.322 e. The predicted molar refractivity (Wildman–Crippen MR) is 66.6 cm³/mol. The first-order valence-electron chi connectivity index (χ1n) is 5.78. The van der Waals surface area contributed by atoms with Gasteiger partial charge in [0.05, 0.1) is 31.3 Å². The number of hydrogen-bond donors (Lipinski definition) is 2. The normalized spacial score (nSPS) is 30.0. The molecule has 0 bridgehead atoms. The van der Waals surface area contributed by atoms with E-state index >= 15 is 0 Å². The number of rotatable bonds is 1. The van der Waals surface area contributed by atoms with E-state index in [1.54, 1.807) is 13.8 Å². The van der Waals surface area contributed by atoms with Gasteiger partial charge in [-0.05, 0) is 20.8 Å². The van der Waals surface area contributed by atoms with Crippen LogP contribution < -0.4 is 10.6 Å². The standard InChI is InChI=1S/C5H8N2O2.C3H5ClO.C3H6O/c1-5(2)3(8)6-4(9)7-5;4-1-3-2-5-3;1-3-2-4-3/h1-2H3,(H2,6,7,8,9);3H,1-2H2;3H,2H2,1H3. The summed E-state index contributed by atoms with van der Waals surface area (Å²) in [6.07, 6.45) is 0.983. The molecular weight excluding hydrogens is 260 g/mol. The van der Waals surface area contributed by atoms with Crippen molar-refractivity contribution in [2.45, 2.75) is 38.5 Å². The summed E-state index contributed by atoms with van der Waals surface area (Å²) >= 11 is 5.27. The van der Waals surface area contributed by atoms with Gasteiger partial charge in [0, 0.05) is 0 Å². The van der Waals surface area contributed by atoms with E-state index in [-0.39, 0.29) is 5.91 Å². The Labute approximate surface area is 111 Å². The number of epoxide rings is 2. The monoisotopic (exact) mass is 278 g/mol. The number of alkyl halides is 1. The highest BCUT2D eigenvalue weighted by Gasteiger charge is 2.36. The second kappa shape index (κ2) is 6.36. The number of hydrogen-bond acceptors (Lipinski definition) is 4. The van der Waals surface area contributed by atoms with E-state index in [4.69, 9.17) is 21.1 Å². The number of carbonyl (C=O) groups excluding carboxylic acids is 2. The van der Waals surface area contributed by atoms with Crippen LogP contribution in [0.3, 0.4) is 0 Å². The molecule has 0 radical (unpaired) electrons. The van der Waals surface area contributed by atoms with Gasteiger partial charge in [-0.2, -0.15) is 0 Å². The second-order valence-electron chi connectivity index (χ2n) is 4.79. The molecule has 2 atom stereocenters. The lowest BCUT2D eigenvalue weighted by Gasteiger charge is -2.11. The SMILES string of the molecule is CC1(C)NC(=O)NC1=O.CC1CO1.ClCC1CO1. The number of nitrogens with one attached hydrogen (secondary N) is 2. The van der Waals surface area contributed by atoms with Crippen molar-refractivity contribution >= 4 is 23.5 Å². The second-order valence-corrected chi connectivity index (χ2v) is 5.10. The molecule has 2 unspecified atom stereocenters. The Kier molecular flexibility index (Phi) is 5.37. The summed E-state index contributed by atoms with van der Waals surface area (Å²) in [7, 11) is 0. The van der Waals surface area contributed by atoms with Crippen LogP contribution in [0.25, 0.3) is 0 Å². The molecule has 0 aromatic rings. The maximum Gasteiger partial charge on any atom is 0.322 e. The Balaban J connectivity index is 0.000000150. The summed E-state index contributed by atoms with van der Waals surface area (Å²) in [6, 6.07) is -0.412. The Morgan fingerprint density at radius 3 is 1.89 bits per heavy atom. The summed E-state index contributed by atoms with van der Waals surface area (Å²) in [5, 5.41) is 4.56. The Bertz CT molecular complexity index is 314. The van der Waals surface area contributed by atoms with E-state index in [1.165, 1.54) is 0 Å². The first-order chi connectivity index (χ1) is 8.35. The number of ether oxygens (including phenoxy) is 2. The van der Waals surface area contributed by atoms with E-state index in [2.05, 4.69) is 17.6 Å². The molecule has 3 amide bonds. The Hall–Kier alpha value is -0.850. The molecule has 104 valence electrons. The van der Waals surface area contributed by atoms with Gasteiger partial charge in [0.15, 0.2) is 0 Å². The van der Waals surface area contributed by atoms with Crippen LogP contribution >= 0.6 is 11.6 Å². The average Bonchev–Trinajstić information content (AvgIpc) is 3.12. The van der Waals surface area contributed by atoms with Gasteiger partial charge < -0.3 is 14.8 Å². The largest absolute Gasteiger partial charge is 0.373 e. The first kappa shape index (κ1) is 15.2.